The van der Waals surface area contributed by atoms with E-state index in [2.05, 4.69) is 12.1 Å². The summed E-state index contributed by atoms with van der Waals surface area (Å²) in [5.74, 6) is 0. The van der Waals surface area contributed by atoms with Crippen molar-refractivity contribution >= 4 is 11.6 Å². The number of hydrogen-bond donors (Lipinski definition) is 1. The topological polar surface area (TPSA) is 20.2 Å². The SMILES string of the molecule is OC(CCc1ccccc1)c1ccc(Cl)cc1. The maximum Gasteiger partial charge on any atom is 0.0793 e. The molecule has 0 aromatic heterocycles. The van der Waals surface area contributed by atoms with E-state index in [4.69, 9.17) is 11.6 Å². The van der Waals surface area contributed by atoms with Crippen LogP contribution >= 0.6 is 11.6 Å². The summed E-state index contributed by atoms with van der Waals surface area (Å²) in [6.07, 6.45) is 1.18. The number of benzene rings is 2. The third-order valence-corrected chi connectivity index (χ3v) is 3.06. The van der Waals surface area contributed by atoms with E-state index >= 15 is 0 Å². The van der Waals surface area contributed by atoms with Gasteiger partial charge in [0.2, 0.25) is 0 Å². The van der Waals surface area contributed by atoms with E-state index in [0.29, 0.717) is 5.02 Å². The summed E-state index contributed by atoms with van der Waals surface area (Å²) >= 11 is 5.81. The van der Waals surface area contributed by atoms with Crippen LogP contribution in [0.4, 0.5) is 0 Å². The molecule has 0 saturated heterocycles. The van der Waals surface area contributed by atoms with Crippen molar-refractivity contribution in [3.05, 3.63) is 70.7 Å². The molecule has 0 bridgehead atoms. The van der Waals surface area contributed by atoms with Crippen molar-refractivity contribution in [1.29, 1.82) is 0 Å². The molecule has 0 aliphatic carbocycles. The Morgan fingerprint density at radius 3 is 2.24 bits per heavy atom. The van der Waals surface area contributed by atoms with Crippen LogP contribution in [0.5, 0.6) is 0 Å². The molecule has 1 nitrogen and oxygen atoms in total. The van der Waals surface area contributed by atoms with Gasteiger partial charge < -0.3 is 5.11 Å². The van der Waals surface area contributed by atoms with Crippen LogP contribution in [0.2, 0.25) is 5.02 Å². The molecule has 1 N–H and O–H groups in total. The molecule has 0 aliphatic rings. The van der Waals surface area contributed by atoms with Crippen molar-refractivity contribution in [3.63, 3.8) is 0 Å². The lowest BCUT2D eigenvalue weighted by molar-refractivity contribution is 0.168. The summed E-state index contributed by atoms with van der Waals surface area (Å²) < 4.78 is 0. The molecule has 0 spiro atoms. The van der Waals surface area contributed by atoms with Gasteiger partial charge in [-0.2, -0.15) is 0 Å². The van der Waals surface area contributed by atoms with E-state index in [1.165, 1.54) is 5.56 Å². The summed E-state index contributed by atoms with van der Waals surface area (Å²) in [5.41, 5.74) is 2.17. The first-order chi connectivity index (χ1) is 8.25. The van der Waals surface area contributed by atoms with Gasteiger partial charge in [0.15, 0.2) is 0 Å². The van der Waals surface area contributed by atoms with Gasteiger partial charge in [0.05, 0.1) is 6.10 Å². The van der Waals surface area contributed by atoms with Gasteiger partial charge in [-0.1, -0.05) is 54.1 Å². The van der Waals surface area contributed by atoms with Crippen LogP contribution in [0, 0.1) is 0 Å². The van der Waals surface area contributed by atoms with Gasteiger partial charge in [-0.15, -0.1) is 0 Å². The molecule has 2 aromatic carbocycles. The third-order valence-electron chi connectivity index (χ3n) is 2.80. The van der Waals surface area contributed by atoms with Crippen molar-refractivity contribution in [2.45, 2.75) is 18.9 Å². The standard InChI is InChI=1S/C15H15ClO/c16-14-9-7-13(8-10-14)15(17)11-6-12-4-2-1-3-5-12/h1-5,7-10,15,17H,6,11H2. The molecular weight excluding hydrogens is 232 g/mol. The second kappa shape index (κ2) is 5.85. The first-order valence-corrected chi connectivity index (χ1v) is 6.11. The van der Waals surface area contributed by atoms with Crippen LogP contribution in [0.25, 0.3) is 0 Å². The van der Waals surface area contributed by atoms with Gasteiger partial charge in [-0.3, -0.25) is 0 Å². The molecule has 2 aromatic rings. The van der Waals surface area contributed by atoms with Crippen LogP contribution in [0.3, 0.4) is 0 Å². The third kappa shape index (κ3) is 3.58. The highest BCUT2D eigenvalue weighted by Gasteiger charge is 2.07. The number of aliphatic hydroxyl groups excluding tert-OH is 1. The molecule has 88 valence electrons. The zero-order valence-electron chi connectivity index (χ0n) is 9.51. The van der Waals surface area contributed by atoms with Gasteiger partial charge in [-0.05, 0) is 36.1 Å². The van der Waals surface area contributed by atoms with E-state index < -0.39 is 6.10 Å². The Labute approximate surface area is 107 Å². The van der Waals surface area contributed by atoms with Crippen molar-refractivity contribution in [3.8, 4) is 0 Å². The van der Waals surface area contributed by atoms with E-state index in [-0.39, 0.29) is 0 Å². The normalized spacial score (nSPS) is 12.4. The van der Waals surface area contributed by atoms with Crippen molar-refractivity contribution < 1.29 is 5.11 Å². The van der Waals surface area contributed by atoms with Gasteiger partial charge >= 0.3 is 0 Å². The molecule has 1 atom stereocenters. The monoisotopic (exact) mass is 246 g/mol. The molecule has 0 radical (unpaired) electrons. The molecule has 0 saturated carbocycles. The van der Waals surface area contributed by atoms with Gasteiger partial charge in [0, 0.05) is 5.02 Å². The predicted octanol–water partition coefficient (Wildman–Crippen LogP) is 4.01. The Morgan fingerprint density at radius 2 is 1.59 bits per heavy atom. The Balaban J connectivity index is 1.93. The molecule has 0 heterocycles. The average Bonchev–Trinajstić information content (AvgIpc) is 2.38. The maximum absolute atomic E-state index is 10.0. The predicted molar refractivity (Wildman–Crippen MR) is 71.2 cm³/mol. The lowest BCUT2D eigenvalue weighted by Crippen LogP contribution is -1.99. The molecule has 2 rings (SSSR count). The second-order valence-electron chi connectivity index (χ2n) is 4.09. The van der Waals surface area contributed by atoms with Crippen molar-refractivity contribution in [2.24, 2.45) is 0 Å². The molecule has 2 heteroatoms. The zero-order valence-corrected chi connectivity index (χ0v) is 10.3. The Kier molecular flexibility index (Phi) is 4.18. The van der Waals surface area contributed by atoms with Gasteiger partial charge in [-0.25, -0.2) is 0 Å². The van der Waals surface area contributed by atoms with Crippen molar-refractivity contribution in [1.82, 2.24) is 0 Å². The largest absolute Gasteiger partial charge is 0.388 e. The van der Waals surface area contributed by atoms with E-state index in [0.717, 1.165) is 18.4 Å². The maximum atomic E-state index is 10.0. The van der Waals surface area contributed by atoms with Crippen LogP contribution in [-0.2, 0) is 6.42 Å². The average molecular weight is 247 g/mol. The molecule has 0 fully saturated rings. The highest BCUT2D eigenvalue weighted by atomic mass is 35.5. The summed E-state index contributed by atoms with van der Waals surface area (Å²) in [6, 6.07) is 17.6. The van der Waals surface area contributed by atoms with Gasteiger partial charge in [0.25, 0.3) is 0 Å². The van der Waals surface area contributed by atoms with Crippen molar-refractivity contribution in [2.75, 3.05) is 0 Å². The highest BCUT2D eigenvalue weighted by Crippen LogP contribution is 2.20. The van der Waals surface area contributed by atoms with Gasteiger partial charge in [0.1, 0.15) is 0 Å². The summed E-state index contributed by atoms with van der Waals surface area (Å²) in [5, 5.41) is 10.7. The summed E-state index contributed by atoms with van der Waals surface area (Å²) in [7, 11) is 0. The lowest BCUT2D eigenvalue weighted by atomic mass is 10.0. The molecular formula is C15H15ClO. The fourth-order valence-electron chi connectivity index (χ4n) is 1.80. The van der Waals surface area contributed by atoms with E-state index in [1.54, 1.807) is 0 Å². The first-order valence-electron chi connectivity index (χ1n) is 5.73. The van der Waals surface area contributed by atoms with Crippen LogP contribution in [0.15, 0.2) is 54.6 Å². The minimum Gasteiger partial charge on any atom is -0.388 e. The fourth-order valence-corrected chi connectivity index (χ4v) is 1.93. The lowest BCUT2D eigenvalue weighted by Gasteiger charge is -2.10. The van der Waals surface area contributed by atoms with E-state index in [1.807, 2.05) is 42.5 Å². The van der Waals surface area contributed by atoms with Crippen LogP contribution in [-0.4, -0.2) is 5.11 Å². The summed E-state index contributed by atoms with van der Waals surface area (Å²) in [6.45, 7) is 0. The Hall–Kier alpha value is -1.31. The van der Waals surface area contributed by atoms with Crippen LogP contribution in [0.1, 0.15) is 23.7 Å². The molecule has 17 heavy (non-hydrogen) atoms. The molecule has 0 amide bonds. The highest BCUT2D eigenvalue weighted by molar-refractivity contribution is 6.30. The smallest absolute Gasteiger partial charge is 0.0793 e. The minimum absolute atomic E-state index is 0.424. The number of rotatable bonds is 4. The Bertz CT molecular complexity index is 450. The molecule has 0 aliphatic heterocycles. The zero-order chi connectivity index (χ0) is 12.1. The first kappa shape index (κ1) is 12.2. The number of aryl methyl sites for hydroxylation is 1. The number of aliphatic hydroxyl groups is 1. The quantitative estimate of drug-likeness (QED) is 0.864. The minimum atomic E-state index is -0.424. The number of halogens is 1. The van der Waals surface area contributed by atoms with Crippen LogP contribution < -0.4 is 0 Å². The molecule has 1 unspecified atom stereocenters. The van der Waals surface area contributed by atoms with E-state index in [9.17, 15) is 5.11 Å². The Morgan fingerprint density at radius 1 is 0.941 bits per heavy atom. The number of hydrogen-bond acceptors (Lipinski definition) is 1. The summed E-state index contributed by atoms with van der Waals surface area (Å²) in [4.78, 5) is 0. The fraction of sp³-hybridized carbons (Fsp3) is 0.200. The second-order valence-corrected chi connectivity index (χ2v) is 4.53.